The summed E-state index contributed by atoms with van der Waals surface area (Å²) in [5, 5.41) is 9.03. The maximum atomic E-state index is 9.03. The zero-order valence-electron chi connectivity index (χ0n) is 12.5. The van der Waals surface area contributed by atoms with E-state index in [0.717, 1.165) is 24.0 Å². The van der Waals surface area contributed by atoms with Gasteiger partial charge in [-0.1, -0.05) is 50.2 Å². The first-order chi connectivity index (χ1) is 9.69. The molecule has 2 aromatic rings. The van der Waals surface area contributed by atoms with Crippen LogP contribution in [0.1, 0.15) is 54.0 Å². The second kappa shape index (κ2) is 6.39. The first-order valence-corrected chi connectivity index (χ1v) is 7.29. The van der Waals surface area contributed by atoms with Gasteiger partial charge in [0.1, 0.15) is 0 Å². The maximum absolute atomic E-state index is 9.03. The Morgan fingerprint density at radius 2 is 1.65 bits per heavy atom. The largest absolute Gasteiger partial charge is 0.192 e. The predicted molar refractivity (Wildman–Crippen MR) is 83.8 cm³/mol. The van der Waals surface area contributed by atoms with Crippen molar-refractivity contribution < 1.29 is 0 Å². The summed E-state index contributed by atoms with van der Waals surface area (Å²) >= 11 is 0. The van der Waals surface area contributed by atoms with Crippen LogP contribution in [0.2, 0.25) is 0 Å². The van der Waals surface area contributed by atoms with Crippen molar-refractivity contribution in [1.29, 1.82) is 5.26 Å². The zero-order chi connectivity index (χ0) is 14.5. The molecule has 0 N–H and O–H groups in total. The quantitative estimate of drug-likeness (QED) is 0.764. The van der Waals surface area contributed by atoms with Crippen LogP contribution in [0.5, 0.6) is 0 Å². The third-order valence-corrected chi connectivity index (χ3v) is 3.97. The van der Waals surface area contributed by atoms with E-state index >= 15 is 0 Å². The van der Waals surface area contributed by atoms with Gasteiger partial charge in [-0.15, -0.1) is 0 Å². The van der Waals surface area contributed by atoms with Gasteiger partial charge in [0.05, 0.1) is 11.6 Å². The van der Waals surface area contributed by atoms with Crippen LogP contribution in [0.15, 0.2) is 42.5 Å². The number of nitriles is 1. The van der Waals surface area contributed by atoms with E-state index in [-0.39, 0.29) is 0 Å². The summed E-state index contributed by atoms with van der Waals surface area (Å²) < 4.78 is 0. The Bertz CT molecular complexity index is 617. The van der Waals surface area contributed by atoms with Crippen LogP contribution in [0.25, 0.3) is 0 Å². The third kappa shape index (κ3) is 2.91. The molecule has 0 spiro atoms. The maximum Gasteiger partial charge on any atom is 0.0994 e. The van der Waals surface area contributed by atoms with Gasteiger partial charge in [0.15, 0.2) is 0 Å². The molecule has 0 aliphatic heterocycles. The van der Waals surface area contributed by atoms with Gasteiger partial charge in [-0.2, -0.15) is 5.26 Å². The summed E-state index contributed by atoms with van der Waals surface area (Å²) in [5.41, 5.74) is 5.86. The summed E-state index contributed by atoms with van der Waals surface area (Å²) in [6, 6.07) is 17.3. The standard InChI is InChI=1S/C19H21N/c1-4-15-6-8-16(9-7-15)19(5-2)17-10-11-18(13-20)14(3)12-17/h6-12,19H,4-5H2,1-3H3. The molecule has 0 bridgehead atoms. The van der Waals surface area contributed by atoms with Crippen molar-refractivity contribution in [3.8, 4) is 6.07 Å². The fourth-order valence-electron chi connectivity index (χ4n) is 2.68. The van der Waals surface area contributed by atoms with Crippen LogP contribution in [0, 0.1) is 18.3 Å². The van der Waals surface area contributed by atoms with Crippen LogP contribution >= 0.6 is 0 Å². The highest BCUT2D eigenvalue weighted by Gasteiger charge is 2.13. The molecule has 0 amide bonds. The molecule has 0 aromatic heterocycles. The van der Waals surface area contributed by atoms with E-state index in [9.17, 15) is 0 Å². The first-order valence-electron chi connectivity index (χ1n) is 7.29. The van der Waals surface area contributed by atoms with Gasteiger partial charge >= 0.3 is 0 Å². The minimum atomic E-state index is 0.410. The second-order valence-corrected chi connectivity index (χ2v) is 5.24. The monoisotopic (exact) mass is 263 g/mol. The average molecular weight is 263 g/mol. The molecule has 0 radical (unpaired) electrons. The lowest BCUT2D eigenvalue weighted by molar-refractivity contribution is 0.775. The van der Waals surface area contributed by atoms with Crippen molar-refractivity contribution in [1.82, 2.24) is 0 Å². The molecule has 2 aromatic carbocycles. The molecule has 1 nitrogen and oxygen atoms in total. The van der Waals surface area contributed by atoms with E-state index in [2.05, 4.69) is 56.3 Å². The molecule has 1 heteroatoms. The predicted octanol–water partition coefficient (Wildman–Crippen LogP) is 4.97. The van der Waals surface area contributed by atoms with Gasteiger partial charge in [0.2, 0.25) is 0 Å². The smallest absolute Gasteiger partial charge is 0.0994 e. The normalized spacial score (nSPS) is 11.9. The molecule has 102 valence electrons. The van der Waals surface area contributed by atoms with Crippen molar-refractivity contribution in [2.24, 2.45) is 0 Å². The third-order valence-electron chi connectivity index (χ3n) is 3.97. The molecule has 0 fully saturated rings. The number of aryl methyl sites for hydroxylation is 2. The Labute approximate surface area is 121 Å². The number of benzene rings is 2. The van der Waals surface area contributed by atoms with Crippen LogP contribution in [0.4, 0.5) is 0 Å². The molecular weight excluding hydrogens is 242 g/mol. The zero-order valence-corrected chi connectivity index (χ0v) is 12.5. The number of rotatable bonds is 4. The molecule has 20 heavy (non-hydrogen) atoms. The van der Waals surface area contributed by atoms with Crippen LogP contribution in [-0.4, -0.2) is 0 Å². The number of hydrogen-bond donors (Lipinski definition) is 0. The van der Waals surface area contributed by atoms with E-state index in [4.69, 9.17) is 5.26 Å². The fourth-order valence-corrected chi connectivity index (χ4v) is 2.68. The molecule has 0 saturated carbocycles. The number of hydrogen-bond acceptors (Lipinski definition) is 1. The Morgan fingerprint density at radius 1 is 1.00 bits per heavy atom. The van der Waals surface area contributed by atoms with E-state index in [1.807, 2.05) is 13.0 Å². The van der Waals surface area contributed by atoms with E-state index in [1.54, 1.807) is 0 Å². The van der Waals surface area contributed by atoms with Gasteiger partial charge < -0.3 is 0 Å². The van der Waals surface area contributed by atoms with Crippen molar-refractivity contribution in [3.05, 3.63) is 70.3 Å². The summed E-state index contributed by atoms with van der Waals surface area (Å²) in [7, 11) is 0. The summed E-state index contributed by atoms with van der Waals surface area (Å²) in [6.07, 6.45) is 2.14. The fraction of sp³-hybridized carbons (Fsp3) is 0.316. The molecule has 2 rings (SSSR count). The van der Waals surface area contributed by atoms with Gasteiger partial charge in [-0.25, -0.2) is 0 Å². The Kier molecular flexibility index (Phi) is 4.58. The van der Waals surface area contributed by atoms with E-state index < -0.39 is 0 Å². The highest BCUT2D eigenvalue weighted by Crippen LogP contribution is 2.29. The molecule has 0 heterocycles. The van der Waals surface area contributed by atoms with Crippen molar-refractivity contribution >= 4 is 0 Å². The highest BCUT2D eigenvalue weighted by molar-refractivity contribution is 5.43. The van der Waals surface area contributed by atoms with Gasteiger partial charge in [0, 0.05) is 5.92 Å². The van der Waals surface area contributed by atoms with Crippen molar-refractivity contribution in [2.75, 3.05) is 0 Å². The lowest BCUT2D eigenvalue weighted by Gasteiger charge is -2.17. The van der Waals surface area contributed by atoms with Gasteiger partial charge in [0.25, 0.3) is 0 Å². The molecule has 0 aliphatic carbocycles. The summed E-state index contributed by atoms with van der Waals surface area (Å²) in [5.74, 6) is 0.410. The average Bonchev–Trinajstić information content (AvgIpc) is 2.49. The van der Waals surface area contributed by atoms with E-state index in [0.29, 0.717) is 5.92 Å². The van der Waals surface area contributed by atoms with Crippen LogP contribution < -0.4 is 0 Å². The summed E-state index contributed by atoms with van der Waals surface area (Å²) in [4.78, 5) is 0. The Morgan fingerprint density at radius 3 is 2.15 bits per heavy atom. The number of nitrogens with zero attached hydrogens (tertiary/aromatic N) is 1. The van der Waals surface area contributed by atoms with Gasteiger partial charge in [-0.3, -0.25) is 0 Å². The van der Waals surface area contributed by atoms with Crippen LogP contribution in [-0.2, 0) is 6.42 Å². The molecule has 0 saturated heterocycles. The van der Waals surface area contributed by atoms with Crippen LogP contribution in [0.3, 0.4) is 0 Å². The summed E-state index contributed by atoms with van der Waals surface area (Å²) in [6.45, 7) is 6.40. The molecule has 1 atom stereocenters. The Balaban J connectivity index is 2.36. The minimum Gasteiger partial charge on any atom is -0.192 e. The minimum absolute atomic E-state index is 0.410. The van der Waals surface area contributed by atoms with Gasteiger partial charge in [-0.05, 0) is 48.1 Å². The highest BCUT2D eigenvalue weighted by atomic mass is 14.2. The first kappa shape index (κ1) is 14.3. The van der Waals surface area contributed by atoms with Crippen molar-refractivity contribution in [3.63, 3.8) is 0 Å². The topological polar surface area (TPSA) is 23.8 Å². The molecule has 0 aliphatic rings. The molecular formula is C19H21N. The van der Waals surface area contributed by atoms with Crippen molar-refractivity contribution in [2.45, 2.75) is 39.5 Å². The lowest BCUT2D eigenvalue weighted by atomic mass is 9.87. The Hall–Kier alpha value is -2.07. The second-order valence-electron chi connectivity index (χ2n) is 5.24. The SMILES string of the molecule is CCc1ccc(C(CC)c2ccc(C#N)c(C)c2)cc1. The molecule has 1 unspecified atom stereocenters. The van der Waals surface area contributed by atoms with E-state index in [1.165, 1.54) is 16.7 Å². The lowest BCUT2D eigenvalue weighted by Crippen LogP contribution is -2.01.